The highest BCUT2D eigenvalue weighted by molar-refractivity contribution is 6.15. The Kier molecular flexibility index (Phi) is 5.48. The molecule has 0 aliphatic carbocycles. The Balaban J connectivity index is 2.08. The summed E-state index contributed by atoms with van der Waals surface area (Å²) in [6.45, 7) is 8.05. The van der Waals surface area contributed by atoms with E-state index in [4.69, 9.17) is 18.9 Å². The molecule has 2 aliphatic rings. The number of aliphatic hydroxyl groups excluding tert-OH is 1. The van der Waals surface area contributed by atoms with Crippen LogP contribution < -0.4 is 0 Å². The summed E-state index contributed by atoms with van der Waals surface area (Å²) in [4.78, 5) is 35.6. The van der Waals surface area contributed by atoms with E-state index in [2.05, 4.69) is 0 Å². The molecule has 1 saturated heterocycles. The first-order chi connectivity index (χ1) is 12.4. The van der Waals surface area contributed by atoms with Crippen LogP contribution in [0.1, 0.15) is 34.6 Å². The van der Waals surface area contributed by atoms with Crippen LogP contribution in [0.4, 0.5) is 0 Å². The van der Waals surface area contributed by atoms with Gasteiger partial charge in [0.1, 0.15) is 11.1 Å². The maximum absolute atomic E-state index is 12.1. The molecule has 0 spiro atoms. The SMILES string of the molecule is CC(C)C1(C)OC(=O)C(C=CC=CC=C2C(=O)OC(C)(C)OC2=O)=C(O)O1. The van der Waals surface area contributed by atoms with Gasteiger partial charge in [0.2, 0.25) is 0 Å². The Morgan fingerprint density at radius 3 is 1.96 bits per heavy atom. The van der Waals surface area contributed by atoms with Crippen molar-refractivity contribution in [3.63, 3.8) is 0 Å². The fourth-order valence-corrected chi connectivity index (χ4v) is 2.13. The van der Waals surface area contributed by atoms with Crippen molar-refractivity contribution in [3.8, 4) is 0 Å². The molecule has 2 aliphatic heterocycles. The molecule has 8 heteroatoms. The van der Waals surface area contributed by atoms with Gasteiger partial charge in [-0.15, -0.1) is 0 Å². The first-order valence-corrected chi connectivity index (χ1v) is 8.32. The maximum Gasteiger partial charge on any atom is 0.348 e. The summed E-state index contributed by atoms with van der Waals surface area (Å²) in [5, 5.41) is 9.95. The minimum Gasteiger partial charge on any atom is -0.480 e. The van der Waals surface area contributed by atoms with Gasteiger partial charge in [-0.25, -0.2) is 14.4 Å². The lowest BCUT2D eigenvalue weighted by atomic mass is 10.0. The summed E-state index contributed by atoms with van der Waals surface area (Å²) in [7, 11) is 0. The molecule has 0 amide bonds. The van der Waals surface area contributed by atoms with Crippen molar-refractivity contribution in [2.45, 2.75) is 46.2 Å². The van der Waals surface area contributed by atoms with Crippen molar-refractivity contribution in [2.75, 3.05) is 0 Å². The fourth-order valence-electron chi connectivity index (χ4n) is 2.13. The number of cyclic esters (lactones) is 3. The molecular weight excluding hydrogens is 356 g/mol. The van der Waals surface area contributed by atoms with Gasteiger partial charge in [-0.1, -0.05) is 32.1 Å². The summed E-state index contributed by atoms with van der Waals surface area (Å²) in [5.74, 6) is -5.54. The third-order valence-electron chi connectivity index (χ3n) is 3.96. The maximum atomic E-state index is 12.1. The van der Waals surface area contributed by atoms with Gasteiger partial charge < -0.3 is 24.1 Å². The van der Waals surface area contributed by atoms with E-state index in [9.17, 15) is 19.5 Å². The zero-order valence-electron chi connectivity index (χ0n) is 15.8. The number of allylic oxidation sites excluding steroid dienone is 4. The minimum absolute atomic E-state index is 0.149. The number of carbonyl (C=O) groups is 3. The number of esters is 3. The second-order valence-corrected chi connectivity index (χ2v) is 6.88. The highest BCUT2D eigenvalue weighted by atomic mass is 16.8. The minimum atomic E-state index is -1.30. The van der Waals surface area contributed by atoms with Crippen LogP contribution in [0.3, 0.4) is 0 Å². The summed E-state index contributed by atoms with van der Waals surface area (Å²) in [6.07, 6.45) is 6.75. The monoisotopic (exact) mass is 378 g/mol. The van der Waals surface area contributed by atoms with Crippen LogP contribution in [0.5, 0.6) is 0 Å². The number of hydrogen-bond acceptors (Lipinski definition) is 8. The molecule has 1 unspecified atom stereocenters. The molecule has 8 nitrogen and oxygen atoms in total. The van der Waals surface area contributed by atoms with Crippen LogP contribution in [-0.2, 0) is 33.3 Å². The fraction of sp³-hybridized carbons (Fsp3) is 0.421. The van der Waals surface area contributed by atoms with Crippen molar-refractivity contribution >= 4 is 17.9 Å². The van der Waals surface area contributed by atoms with Crippen molar-refractivity contribution in [2.24, 2.45) is 5.92 Å². The molecule has 1 atom stereocenters. The standard InChI is InChI=1S/C19H22O8/c1-11(2)19(5)26-16(22)13(17(23)27-19)10-8-6-7-9-12-14(20)24-18(3,4)25-15(12)21/h6-11,22H,1-5H3. The number of hydrogen-bond donors (Lipinski definition) is 1. The lowest BCUT2D eigenvalue weighted by Gasteiger charge is -2.36. The Labute approximate surface area is 156 Å². The van der Waals surface area contributed by atoms with E-state index in [0.717, 1.165) is 0 Å². The van der Waals surface area contributed by atoms with Crippen LogP contribution in [0.15, 0.2) is 47.5 Å². The van der Waals surface area contributed by atoms with E-state index < -0.39 is 35.4 Å². The first-order valence-electron chi connectivity index (χ1n) is 8.32. The van der Waals surface area contributed by atoms with Gasteiger partial charge in [-0.2, -0.15) is 0 Å². The molecule has 0 aromatic rings. The molecule has 0 saturated carbocycles. The molecule has 1 fully saturated rings. The van der Waals surface area contributed by atoms with Crippen LogP contribution in [0.2, 0.25) is 0 Å². The van der Waals surface area contributed by atoms with Crippen LogP contribution in [0.25, 0.3) is 0 Å². The Hall–Kier alpha value is -3.03. The number of aliphatic hydroxyl groups is 1. The normalized spacial score (nSPS) is 25.6. The van der Waals surface area contributed by atoms with E-state index >= 15 is 0 Å². The lowest BCUT2D eigenvalue weighted by Crippen LogP contribution is -2.43. The van der Waals surface area contributed by atoms with Crippen molar-refractivity contribution in [1.82, 2.24) is 0 Å². The van der Waals surface area contributed by atoms with Crippen LogP contribution in [0, 0.1) is 5.92 Å². The van der Waals surface area contributed by atoms with E-state index in [1.165, 1.54) is 44.2 Å². The van der Waals surface area contributed by atoms with E-state index in [1.54, 1.807) is 20.8 Å². The van der Waals surface area contributed by atoms with Crippen LogP contribution in [-0.4, -0.2) is 34.6 Å². The number of rotatable bonds is 4. The van der Waals surface area contributed by atoms with Crippen molar-refractivity contribution < 1.29 is 38.4 Å². The molecule has 2 rings (SSSR count). The Bertz CT molecular complexity index is 760. The quantitative estimate of drug-likeness (QED) is 0.344. The van der Waals surface area contributed by atoms with Gasteiger partial charge in [0.25, 0.3) is 17.5 Å². The Morgan fingerprint density at radius 2 is 1.44 bits per heavy atom. The van der Waals surface area contributed by atoms with Gasteiger partial charge in [0.05, 0.1) is 0 Å². The summed E-state index contributed by atoms with van der Waals surface area (Å²) in [5.41, 5.74) is -0.405. The summed E-state index contributed by atoms with van der Waals surface area (Å²) < 4.78 is 20.4. The zero-order chi connectivity index (χ0) is 20.4. The average molecular weight is 378 g/mol. The molecule has 0 bridgehead atoms. The summed E-state index contributed by atoms with van der Waals surface area (Å²) in [6, 6.07) is 0. The Morgan fingerprint density at radius 1 is 0.852 bits per heavy atom. The predicted octanol–water partition coefficient (Wildman–Crippen LogP) is 2.58. The van der Waals surface area contributed by atoms with Crippen molar-refractivity contribution in [1.29, 1.82) is 0 Å². The molecule has 0 aromatic heterocycles. The lowest BCUT2D eigenvalue weighted by molar-refractivity contribution is -0.247. The second-order valence-electron chi connectivity index (χ2n) is 6.88. The molecule has 1 N–H and O–H groups in total. The van der Waals surface area contributed by atoms with E-state index in [-0.39, 0.29) is 17.1 Å². The highest BCUT2D eigenvalue weighted by Gasteiger charge is 2.42. The van der Waals surface area contributed by atoms with E-state index in [1.807, 2.05) is 0 Å². The van der Waals surface area contributed by atoms with Gasteiger partial charge in [-0.05, 0) is 12.2 Å². The van der Waals surface area contributed by atoms with Crippen LogP contribution >= 0.6 is 0 Å². The smallest absolute Gasteiger partial charge is 0.348 e. The molecule has 2 heterocycles. The van der Waals surface area contributed by atoms with Crippen molar-refractivity contribution in [3.05, 3.63) is 47.5 Å². The first kappa shape index (κ1) is 20.3. The largest absolute Gasteiger partial charge is 0.480 e. The zero-order valence-corrected chi connectivity index (χ0v) is 15.8. The highest BCUT2D eigenvalue weighted by Crippen LogP contribution is 2.32. The number of ether oxygens (including phenoxy) is 4. The number of carbonyl (C=O) groups excluding carboxylic acids is 3. The molecule has 146 valence electrons. The van der Waals surface area contributed by atoms with Gasteiger partial charge in [0, 0.05) is 26.7 Å². The molecule has 0 radical (unpaired) electrons. The van der Waals surface area contributed by atoms with Gasteiger partial charge in [-0.3, -0.25) is 0 Å². The van der Waals surface area contributed by atoms with Gasteiger partial charge >= 0.3 is 17.9 Å². The second kappa shape index (κ2) is 7.30. The van der Waals surface area contributed by atoms with Gasteiger partial charge in [0.15, 0.2) is 0 Å². The molecule has 0 aromatic carbocycles. The van der Waals surface area contributed by atoms with E-state index in [0.29, 0.717) is 0 Å². The summed E-state index contributed by atoms with van der Waals surface area (Å²) >= 11 is 0. The molecular formula is C19H22O8. The third kappa shape index (κ3) is 4.58. The predicted molar refractivity (Wildman–Crippen MR) is 92.7 cm³/mol. The molecule has 27 heavy (non-hydrogen) atoms. The third-order valence-corrected chi connectivity index (χ3v) is 3.96. The topological polar surface area (TPSA) is 108 Å². The average Bonchev–Trinajstić information content (AvgIpc) is 2.50.